The fourth-order valence-corrected chi connectivity index (χ4v) is 2.91. The maximum Gasteiger partial charge on any atom is 0.232 e. The van der Waals surface area contributed by atoms with Gasteiger partial charge in [-0.3, -0.25) is 0 Å². The molecule has 0 radical (unpaired) electrons. The summed E-state index contributed by atoms with van der Waals surface area (Å²) in [5.41, 5.74) is 3.65. The van der Waals surface area contributed by atoms with E-state index < -0.39 is 0 Å². The molecule has 4 heteroatoms. The lowest BCUT2D eigenvalue weighted by atomic mass is 10.2. The highest BCUT2D eigenvalue weighted by atomic mass is 15.3. The number of rotatable bonds is 4. The summed E-state index contributed by atoms with van der Waals surface area (Å²) in [7, 11) is 0. The molecule has 21 heavy (non-hydrogen) atoms. The van der Waals surface area contributed by atoms with Gasteiger partial charge in [0.15, 0.2) is 0 Å². The first-order chi connectivity index (χ1) is 10.2. The summed E-state index contributed by atoms with van der Waals surface area (Å²) in [6.07, 6.45) is 1.06. The predicted molar refractivity (Wildman–Crippen MR) is 87.5 cm³/mol. The lowest BCUT2D eigenvalue weighted by Crippen LogP contribution is -2.25. The summed E-state index contributed by atoms with van der Waals surface area (Å²) < 4.78 is 0. The van der Waals surface area contributed by atoms with Gasteiger partial charge in [-0.1, -0.05) is 18.2 Å². The van der Waals surface area contributed by atoms with Gasteiger partial charge in [0, 0.05) is 37.1 Å². The smallest absolute Gasteiger partial charge is 0.232 e. The van der Waals surface area contributed by atoms with Crippen LogP contribution in [0.1, 0.15) is 25.1 Å². The predicted octanol–water partition coefficient (Wildman–Crippen LogP) is 3.33. The van der Waals surface area contributed by atoms with Crippen LogP contribution in [0.4, 0.5) is 17.5 Å². The molecule has 2 heterocycles. The lowest BCUT2D eigenvalue weighted by Gasteiger charge is -2.23. The van der Waals surface area contributed by atoms with Crippen LogP contribution in [0.2, 0.25) is 0 Å². The Bertz CT molecular complexity index is 634. The fourth-order valence-electron chi connectivity index (χ4n) is 2.91. The van der Waals surface area contributed by atoms with Crippen LogP contribution in [0.25, 0.3) is 0 Å². The number of benzene rings is 1. The topological polar surface area (TPSA) is 32.3 Å². The van der Waals surface area contributed by atoms with Crippen LogP contribution in [-0.4, -0.2) is 29.6 Å². The molecule has 0 amide bonds. The summed E-state index contributed by atoms with van der Waals surface area (Å²) in [5, 5.41) is 0. The van der Waals surface area contributed by atoms with Gasteiger partial charge in [0.05, 0.1) is 0 Å². The van der Waals surface area contributed by atoms with Crippen LogP contribution in [0.3, 0.4) is 0 Å². The Hall–Kier alpha value is -2.10. The second-order valence-corrected chi connectivity index (χ2v) is 5.37. The first kappa shape index (κ1) is 13.9. The van der Waals surface area contributed by atoms with Crippen molar-refractivity contribution in [3.63, 3.8) is 0 Å². The van der Waals surface area contributed by atoms with Gasteiger partial charge >= 0.3 is 0 Å². The van der Waals surface area contributed by atoms with Crippen molar-refractivity contribution in [2.45, 2.75) is 27.2 Å². The maximum atomic E-state index is 4.80. The molecular weight excluding hydrogens is 260 g/mol. The highest BCUT2D eigenvalue weighted by molar-refractivity contribution is 5.66. The zero-order valence-corrected chi connectivity index (χ0v) is 13.0. The molecule has 0 unspecified atom stereocenters. The number of hydrogen-bond donors (Lipinski definition) is 0. The molecule has 110 valence electrons. The molecule has 0 spiro atoms. The summed E-state index contributed by atoms with van der Waals surface area (Å²) >= 11 is 0. The van der Waals surface area contributed by atoms with Gasteiger partial charge in [-0.15, -0.1) is 0 Å². The number of hydrogen-bond acceptors (Lipinski definition) is 4. The third-order valence-electron chi connectivity index (χ3n) is 4.04. The van der Waals surface area contributed by atoms with Gasteiger partial charge in [-0.25, -0.2) is 4.98 Å². The molecule has 3 rings (SSSR count). The van der Waals surface area contributed by atoms with Crippen molar-refractivity contribution < 1.29 is 0 Å². The van der Waals surface area contributed by atoms with Crippen molar-refractivity contribution in [2.24, 2.45) is 0 Å². The number of anilines is 3. The molecule has 0 atom stereocenters. The first-order valence-corrected chi connectivity index (χ1v) is 7.69. The van der Waals surface area contributed by atoms with E-state index in [0.29, 0.717) is 0 Å². The maximum absolute atomic E-state index is 4.80. The van der Waals surface area contributed by atoms with Crippen LogP contribution in [0, 0.1) is 6.92 Å². The van der Waals surface area contributed by atoms with Crippen molar-refractivity contribution in [2.75, 3.05) is 29.4 Å². The van der Waals surface area contributed by atoms with E-state index in [1.165, 1.54) is 11.3 Å². The summed E-state index contributed by atoms with van der Waals surface area (Å²) in [6.45, 7) is 9.24. The summed E-state index contributed by atoms with van der Waals surface area (Å²) in [6, 6.07) is 10.6. The third kappa shape index (κ3) is 2.58. The Morgan fingerprint density at radius 2 is 1.90 bits per heavy atom. The summed E-state index contributed by atoms with van der Waals surface area (Å²) in [4.78, 5) is 13.9. The molecule has 4 nitrogen and oxygen atoms in total. The fraction of sp³-hybridized carbons (Fsp3) is 0.412. The van der Waals surface area contributed by atoms with Crippen LogP contribution < -0.4 is 9.80 Å². The van der Waals surface area contributed by atoms with E-state index in [-0.39, 0.29) is 0 Å². The van der Waals surface area contributed by atoms with Crippen molar-refractivity contribution in [1.29, 1.82) is 0 Å². The first-order valence-electron chi connectivity index (χ1n) is 7.69. The number of fused-ring (bicyclic) bond motifs is 1. The lowest BCUT2D eigenvalue weighted by molar-refractivity contribution is 0.830. The standard InChI is InChI=1S/C17H22N4/c1-4-20(5-2)16-12-13(3)18-17(19-16)21-11-10-14-8-6-7-9-15(14)21/h6-9,12H,4-5,10-11H2,1-3H3. The van der Waals surface area contributed by atoms with Crippen LogP contribution in [0.15, 0.2) is 30.3 Å². The van der Waals surface area contributed by atoms with Crippen molar-refractivity contribution in [3.8, 4) is 0 Å². The Morgan fingerprint density at radius 1 is 1.14 bits per heavy atom. The van der Waals surface area contributed by atoms with E-state index in [1.807, 2.05) is 6.92 Å². The van der Waals surface area contributed by atoms with E-state index >= 15 is 0 Å². The minimum atomic E-state index is 0.821. The minimum absolute atomic E-state index is 0.821. The van der Waals surface area contributed by atoms with E-state index in [1.54, 1.807) is 0 Å². The zero-order chi connectivity index (χ0) is 14.8. The zero-order valence-electron chi connectivity index (χ0n) is 13.0. The average molecular weight is 282 g/mol. The monoisotopic (exact) mass is 282 g/mol. The van der Waals surface area contributed by atoms with Gasteiger partial charge in [0.25, 0.3) is 0 Å². The highest BCUT2D eigenvalue weighted by Crippen LogP contribution is 2.33. The number of para-hydroxylation sites is 1. The van der Waals surface area contributed by atoms with Crippen molar-refractivity contribution >= 4 is 17.5 Å². The minimum Gasteiger partial charge on any atom is -0.357 e. The molecule has 0 bridgehead atoms. The Kier molecular flexibility index (Phi) is 3.78. The molecule has 0 aliphatic carbocycles. The Labute approximate surface area is 126 Å². The van der Waals surface area contributed by atoms with Crippen LogP contribution in [0.5, 0.6) is 0 Å². The van der Waals surface area contributed by atoms with Crippen molar-refractivity contribution in [1.82, 2.24) is 9.97 Å². The van der Waals surface area contributed by atoms with Crippen LogP contribution in [-0.2, 0) is 6.42 Å². The van der Waals surface area contributed by atoms with Gasteiger partial charge in [0.1, 0.15) is 5.82 Å². The number of nitrogens with zero attached hydrogens (tertiary/aromatic N) is 4. The Morgan fingerprint density at radius 3 is 2.67 bits per heavy atom. The molecule has 0 saturated carbocycles. The van der Waals surface area contributed by atoms with E-state index in [4.69, 9.17) is 4.98 Å². The molecule has 1 aromatic carbocycles. The molecule has 1 aliphatic heterocycles. The molecule has 0 fully saturated rings. The SMILES string of the molecule is CCN(CC)c1cc(C)nc(N2CCc3ccccc32)n1. The van der Waals surface area contributed by atoms with Gasteiger partial charge < -0.3 is 9.80 Å². The van der Waals surface area contributed by atoms with Crippen LogP contribution >= 0.6 is 0 Å². The molecule has 0 N–H and O–H groups in total. The second-order valence-electron chi connectivity index (χ2n) is 5.37. The summed E-state index contributed by atoms with van der Waals surface area (Å²) in [5.74, 6) is 1.84. The molecule has 0 saturated heterocycles. The van der Waals surface area contributed by atoms with Gasteiger partial charge in [-0.05, 0) is 38.8 Å². The normalized spacial score (nSPS) is 13.4. The quantitative estimate of drug-likeness (QED) is 0.861. The van der Waals surface area contributed by atoms with E-state index in [0.717, 1.165) is 43.5 Å². The third-order valence-corrected chi connectivity index (χ3v) is 4.04. The average Bonchev–Trinajstić information content (AvgIpc) is 2.92. The number of aryl methyl sites for hydroxylation is 1. The van der Waals surface area contributed by atoms with E-state index in [2.05, 4.69) is 59.0 Å². The second kappa shape index (κ2) is 5.72. The molecular formula is C17H22N4. The molecule has 2 aromatic rings. The molecule has 1 aliphatic rings. The highest BCUT2D eigenvalue weighted by Gasteiger charge is 2.22. The van der Waals surface area contributed by atoms with Crippen molar-refractivity contribution in [3.05, 3.63) is 41.6 Å². The molecule has 1 aromatic heterocycles. The largest absolute Gasteiger partial charge is 0.357 e. The number of aromatic nitrogens is 2. The Balaban J connectivity index is 2.00. The van der Waals surface area contributed by atoms with E-state index in [9.17, 15) is 0 Å². The van der Waals surface area contributed by atoms with Gasteiger partial charge in [-0.2, -0.15) is 4.98 Å². The van der Waals surface area contributed by atoms with Gasteiger partial charge in [0.2, 0.25) is 5.95 Å².